The quantitative estimate of drug-likeness (QED) is 0.907. The fraction of sp³-hybridized carbons (Fsp3) is 0.200. The van der Waals surface area contributed by atoms with Crippen LogP contribution >= 0.6 is 0 Å². The first-order chi connectivity index (χ1) is 9.63. The zero-order chi connectivity index (χ0) is 14.5. The molecule has 3 nitrogen and oxygen atoms in total. The number of methoxy groups -OCH3 is 2. The highest BCUT2D eigenvalue weighted by Crippen LogP contribution is 2.27. The van der Waals surface area contributed by atoms with Gasteiger partial charge in [0.15, 0.2) is 23.1 Å². The second-order valence-electron chi connectivity index (χ2n) is 4.17. The van der Waals surface area contributed by atoms with Crippen LogP contribution in [0.1, 0.15) is 5.56 Å². The summed E-state index contributed by atoms with van der Waals surface area (Å²) in [6, 6.07) is 9.18. The largest absolute Gasteiger partial charge is 0.493 e. The molecule has 0 heterocycles. The van der Waals surface area contributed by atoms with Gasteiger partial charge in [-0.3, -0.25) is 0 Å². The van der Waals surface area contributed by atoms with Crippen LogP contribution in [0.2, 0.25) is 0 Å². The maximum Gasteiger partial charge on any atom is 0.161 e. The number of hydrogen-bond acceptors (Lipinski definition) is 3. The number of nitrogens with one attached hydrogen (secondary N) is 1. The Morgan fingerprint density at radius 1 is 0.900 bits per heavy atom. The fourth-order valence-electron chi connectivity index (χ4n) is 1.80. The first-order valence-electron chi connectivity index (χ1n) is 6.04. The van der Waals surface area contributed by atoms with Crippen LogP contribution in [0.3, 0.4) is 0 Å². The summed E-state index contributed by atoms with van der Waals surface area (Å²) in [6.07, 6.45) is 0. The van der Waals surface area contributed by atoms with Crippen molar-refractivity contribution in [3.05, 3.63) is 53.6 Å². The first kappa shape index (κ1) is 14.1. The summed E-state index contributed by atoms with van der Waals surface area (Å²) in [6.45, 7) is 0.464. The molecule has 0 bridgehead atoms. The van der Waals surface area contributed by atoms with Crippen LogP contribution in [0.5, 0.6) is 11.5 Å². The number of anilines is 1. The summed E-state index contributed by atoms with van der Waals surface area (Å²) < 4.78 is 36.2. The molecule has 0 amide bonds. The minimum Gasteiger partial charge on any atom is -0.493 e. The van der Waals surface area contributed by atoms with Crippen LogP contribution in [0.4, 0.5) is 14.5 Å². The van der Waals surface area contributed by atoms with Crippen LogP contribution in [-0.4, -0.2) is 14.2 Å². The highest BCUT2D eigenvalue weighted by Gasteiger charge is 2.05. The normalized spacial score (nSPS) is 10.2. The summed E-state index contributed by atoms with van der Waals surface area (Å²) in [5.41, 5.74) is 1.45. The molecule has 1 N–H and O–H groups in total. The van der Waals surface area contributed by atoms with Gasteiger partial charge in [-0.2, -0.15) is 0 Å². The van der Waals surface area contributed by atoms with E-state index in [9.17, 15) is 8.78 Å². The Labute approximate surface area is 116 Å². The fourth-order valence-corrected chi connectivity index (χ4v) is 1.80. The molecule has 0 aliphatic carbocycles. The monoisotopic (exact) mass is 279 g/mol. The topological polar surface area (TPSA) is 30.5 Å². The standard InChI is InChI=1S/C15H15F2NO2/c1-19-14-6-3-10(7-15(14)20-2)9-18-11-4-5-12(16)13(17)8-11/h3-8,18H,9H2,1-2H3. The van der Waals surface area contributed by atoms with E-state index in [1.807, 2.05) is 12.1 Å². The first-order valence-corrected chi connectivity index (χ1v) is 6.04. The number of halogens is 2. The molecule has 2 rings (SSSR count). The molecule has 0 fully saturated rings. The van der Waals surface area contributed by atoms with Crippen LogP contribution in [0.15, 0.2) is 36.4 Å². The third kappa shape index (κ3) is 3.17. The third-order valence-corrected chi connectivity index (χ3v) is 2.86. The molecule has 0 radical (unpaired) electrons. The molecule has 0 aliphatic rings. The van der Waals surface area contributed by atoms with E-state index in [0.29, 0.717) is 23.7 Å². The van der Waals surface area contributed by atoms with Gasteiger partial charge in [0.05, 0.1) is 14.2 Å². The van der Waals surface area contributed by atoms with Gasteiger partial charge in [0.1, 0.15) is 0 Å². The van der Waals surface area contributed by atoms with Crippen molar-refractivity contribution >= 4 is 5.69 Å². The van der Waals surface area contributed by atoms with Gasteiger partial charge in [-0.1, -0.05) is 6.07 Å². The van der Waals surface area contributed by atoms with Crippen molar-refractivity contribution in [3.8, 4) is 11.5 Å². The summed E-state index contributed by atoms with van der Waals surface area (Å²) in [7, 11) is 3.13. The molecule has 0 atom stereocenters. The predicted molar refractivity (Wildman–Crippen MR) is 73.2 cm³/mol. The smallest absolute Gasteiger partial charge is 0.161 e. The zero-order valence-corrected chi connectivity index (χ0v) is 11.2. The molecular formula is C15H15F2NO2. The Morgan fingerprint density at radius 3 is 2.30 bits per heavy atom. The number of hydrogen-bond donors (Lipinski definition) is 1. The zero-order valence-electron chi connectivity index (χ0n) is 11.2. The Hall–Kier alpha value is -2.30. The van der Waals surface area contributed by atoms with Crippen molar-refractivity contribution in [1.29, 1.82) is 0 Å². The van der Waals surface area contributed by atoms with E-state index >= 15 is 0 Å². The van der Waals surface area contributed by atoms with E-state index < -0.39 is 11.6 Å². The molecule has 0 spiro atoms. The maximum atomic E-state index is 13.1. The molecular weight excluding hydrogens is 264 g/mol. The molecule has 0 saturated carbocycles. The number of benzene rings is 2. The van der Waals surface area contributed by atoms with Gasteiger partial charge in [0.25, 0.3) is 0 Å². The molecule has 0 saturated heterocycles. The predicted octanol–water partition coefficient (Wildman–Crippen LogP) is 3.59. The Kier molecular flexibility index (Phi) is 4.40. The van der Waals surface area contributed by atoms with Gasteiger partial charge in [0, 0.05) is 18.3 Å². The van der Waals surface area contributed by atoms with E-state index in [1.54, 1.807) is 20.3 Å². The molecule has 106 valence electrons. The lowest BCUT2D eigenvalue weighted by Gasteiger charge is -2.11. The van der Waals surface area contributed by atoms with Crippen LogP contribution in [0.25, 0.3) is 0 Å². The van der Waals surface area contributed by atoms with Crippen molar-refractivity contribution in [1.82, 2.24) is 0 Å². The highest BCUT2D eigenvalue weighted by molar-refractivity contribution is 5.47. The minimum atomic E-state index is -0.873. The molecule has 0 unspecified atom stereocenters. The van der Waals surface area contributed by atoms with E-state index in [1.165, 1.54) is 6.07 Å². The molecule has 0 aromatic heterocycles. The molecule has 2 aromatic carbocycles. The van der Waals surface area contributed by atoms with Gasteiger partial charge >= 0.3 is 0 Å². The summed E-state index contributed by atoms with van der Waals surface area (Å²) in [5, 5.41) is 3.01. The van der Waals surface area contributed by atoms with Crippen molar-refractivity contribution in [2.24, 2.45) is 0 Å². The van der Waals surface area contributed by atoms with E-state index in [-0.39, 0.29) is 0 Å². The van der Waals surface area contributed by atoms with Crippen molar-refractivity contribution < 1.29 is 18.3 Å². The molecule has 0 aliphatic heterocycles. The molecule has 2 aromatic rings. The van der Waals surface area contributed by atoms with E-state index in [0.717, 1.165) is 17.7 Å². The summed E-state index contributed by atoms with van der Waals surface area (Å²) in [5.74, 6) is -0.467. The second kappa shape index (κ2) is 6.23. The lowest BCUT2D eigenvalue weighted by molar-refractivity contribution is 0.354. The summed E-state index contributed by atoms with van der Waals surface area (Å²) >= 11 is 0. The van der Waals surface area contributed by atoms with E-state index in [2.05, 4.69) is 5.32 Å². The minimum absolute atomic E-state index is 0.464. The highest BCUT2D eigenvalue weighted by atomic mass is 19.2. The van der Waals surface area contributed by atoms with Gasteiger partial charge in [-0.25, -0.2) is 8.78 Å². The van der Waals surface area contributed by atoms with Crippen molar-refractivity contribution in [2.45, 2.75) is 6.54 Å². The van der Waals surface area contributed by atoms with Gasteiger partial charge < -0.3 is 14.8 Å². The van der Waals surface area contributed by atoms with Crippen LogP contribution < -0.4 is 14.8 Å². The van der Waals surface area contributed by atoms with Crippen LogP contribution in [-0.2, 0) is 6.54 Å². The van der Waals surface area contributed by atoms with Gasteiger partial charge in [-0.15, -0.1) is 0 Å². The maximum absolute atomic E-state index is 13.1. The Bertz CT molecular complexity index is 602. The Morgan fingerprint density at radius 2 is 1.65 bits per heavy atom. The number of ether oxygens (including phenoxy) is 2. The van der Waals surface area contributed by atoms with Crippen molar-refractivity contribution in [3.63, 3.8) is 0 Å². The average Bonchev–Trinajstić information content (AvgIpc) is 2.48. The second-order valence-corrected chi connectivity index (χ2v) is 4.17. The average molecular weight is 279 g/mol. The molecule has 20 heavy (non-hydrogen) atoms. The molecule has 5 heteroatoms. The lowest BCUT2D eigenvalue weighted by Crippen LogP contribution is -2.01. The lowest BCUT2D eigenvalue weighted by atomic mass is 10.2. The van der Waals surface area contributed by atoms with Crippen molar-refractivity contribution in [2.75, 3.05) is 19.5 Å². The Balaban J connectivity index is 2.08. The van der Waals surface area contributed by atoms with E-state index in [4.69, 9.17) is 9.47 Å². The number of rotatable bonds is 5. The third-order valence-electron chi connectivity index (χ3n) is 2.86. The van der Waals surface area contributed by atoms with Gasteiger partial charge in [0.2, 0.25) is 0 Å². The van der Waals surface area contributed by atoms with Crippen LogP contribution in [0, 0.1) is 11.6 Å². The van der Waals surface area contributed by atoms with Gasteiger partial charge in [-0.05, 0) is 29.8 Å². The summed E-state index contributed by atoms with van der Waals surface area (Å²) in [4.78, 5) is 0. The SMILES string of the molecule is COc1ccc(CNc2ccc(F)c(F)c2)cc1OC.